The summed E-state index contributed by atoms with van der Waals surface area (Å²) in [6.07, 6.45) is 0.624. The molecule has 8 nitrogen and oxygen atoms in total. The van der Waals surface area contributed by atoms with Gasteiger partial charge in [-0.3, -0.25) is 14.7 Å². The zero-order chi connectivity index (χ0) is 21.1. The van der Waals surface area contributed by atoms with Crippen molar-refractivity contribution >= 4 is 11.8 Å². The third kappa shape index (κ3) is 4.05. The van der Waals surface area contributed by atoms with Gasteiger partial charge < -0.3 is 19.4 Å². The first-order valence-electron chi connectivity index (χ1n) is 10.7. The Kier molecular flexibility index (Phi) is 6.03. The van der Waals surface area contributed by atoms with Crippen LogP contribution in [0.4, 0.5) is 0 Å². The lowest BCUT2D eigenvalue weighted by atomic mass is 10.0. The number of H-pyrrole nitrogens is 1. The predicted molar refractivity (Wildman–Crippen MR) is 113 cm³/mol. The van der Waals surface area contributed by atoms with Gasteiger partial charge in [0.25, 0.3) is 11.8 Å². The first-order chi connectivity index (χ1) is 14.6. The Balaban J connectivity index is 1.44. The number of nitrogens with zero attached hydrogens (tertiary/aromatic N) is 4. The fourth-order valence-electron chi connectivity index (χ4n) is 4.15. The van der Waals surface area contributed by atoms with Crippen molar-refractivity contribution in [1.82, 2.24) is 24.9 Å². The largest absolute Gasteiger partial charge is 0.494 e. The lowest BCUT2D eigenvalue weighted by Crippen LogP contribution is -2.48. The summed E-state index contributed by atoms with van der Waals surface area (Å²) in [5.41, 5.74) is 2.92. The lowest BCUT2D eigenvalue weighted by molar-refractivity contribution is 0.0636. The molecule has 1 aromatic carbocycles. The molecule has 1 fully saturated rings. The van der Waals surface area contributed by atoms with Gasteiger partial charge in [-0.1, -0.05) is 13.0 Å². The highest BCUT2D eigenvalue weighted by Crippen LogP contribution is 2.24. The third-order valence-corrected chi connectivity index (χ3v) is 5.92. The molecule has 0 aliphatic carbocycles. The minimum Gasteiger partial charge on any atom is -0.494 e. The number of amides is 2. The van der Waals surface area contributed by atoms with Crippen LogP contribution in [-0.2, 0) is 13.0 Å². The maximum absolute atomic E-state index is 13.0. The minimum atomic E-state index is -0.0413. The number of aromatic nitrogens is 2. The molecule has 0 radical (unpaired) electrons. The molecule has 1 saturated heterocycles. The van der Waals surface area contributed by atoms with Crippen molar-refractivity contribution in [2.45, 2.75) is 26.8 Å². The number of rotatable bonds is 5. The first kappa shape index (κ1) is 20.4. The fourth-order valence-corrected chi connectivity index (χ4v) is 4.15. The van der Waals surface area contributed by atoms with E-state index in [0.29, 0.717) is 43.1 Å². The number of piperazine rings is 1. The highest BCUT2D eigenvalue weighted by Gasteiger charge is 2.31. The van der Waals surface area contributed by atoms with Crippen LogP contribution < -0.4 is 4.74 Å². The van der Waals surface area contributed by atoms with Crippen LogP contribution in [0.3, 0.4) is 0 Å². The molecule has 0 unspecified atom stereocenters. The van der Waals surface area contributed by atoms with Gasteiger partial charge in [0.05, 0.1) is 18.8 Å². The summed E-state index contributed by atoms with van der Waals surface area (Å²) in [7, 11) is 0. The molecule has 2 aromatic rings. The molecule has 0 bridgehead atoms. The zero-order valence-corrected chi connectivity index (χ0v) is 17.7. The quantitative estimate of drug-likeness (QED) is 0.811. The van der Waals surface area contributed by atoms with E-state index in [0.717, 1.165) is 44.0 Å². The van der Waals surface area contributed by atoms with Crippen molar-refractivity contribution in [3.63, 3.8) is 0 Å². The van der Waals surface area contributed by atoms with Crippen molar-refractivity contribution in [3.8, 4) is 5.75 Å². The van der Waals surface area contributed by atoms with Crippen LogP contribution in [-0.4, -0.2) is 82.6 Å². The first-order valence-corrected chi connectivity index (χ1v) is 10.7. The predicted octanol–water partition coefficient (Wildman–Crippen LogP) is 1.78. The lowest BCUT2D eigenvalue weighted by Gasteiger charge is -2.34. The number of hydrogen-bond acceptors (Lipinski definition) is 5. The normalized spacial score (nSPS) is 17.0. The number of ether oxygens (including phenoxy) is 1. The molecule has 0 spiro atoms. The van der Waals surface area contributed by atoms with Crippen LogP contribution >= 0.6 is 0 Å². The van der Waals surface area contributed by atoms with Crippen molar-refractivity contribution in [1.29, 1.82) is 0 Å². The topological polar surface area (TPSA) is 81.8 Å². The Bertz CT molecular complexity index is 917. The number of benzene rings is 1. The maximum atomic E-state index is 13.0. The number of carbonyl (C=O) groups is 2. The molecule has 4 rings (SSSR count). The second kappa shape index (κ2) is 8.87. The van der Waals surface area contributed by atoms with Gasteiger partial charge in [0.2, 0.25) is 0 Å². The number of nitrogens with one attached hydrogen (secondary N) is 1. The Morgan fingerprint density at radius 2 is 1.87 bits per heavy atom. The molecule has 0 saturated carbocycles. The maximum Gasteiger partial charge on any atom is 0.274 e. The minimum absolute atomic E-state index is 0.00700. The Hall–Kier alpha value is -2.87. The van der Waals surface area contributed by atoms with Gasteiger partial charge in [0, 0.05) is 43.9 Å². The molecule has 2 aliphatic heterocycles. The van der Waals surface area contributed by atoms with E-state index in [1.54, 1.807) is 17.0 Å². The summed E-state index contributed by atoms with van der Waals surface area (Å²) in [6.45, 7) is 9.88. The van der Waals surface area contributed by atoms with E-state index in [-0.39, 0.29) is 11.8 Å². The number of fused-ring (bicyclic) bond motifs is 1. The number of hydrogen-bond donors (Lipinski definition) is 1. The molecular formula is C22H29N5O3. The van der Waals surface area contributed by atoms with Gasteiger partial charge in [-0.05, 0) is 38.1 Å². The van der Waals surface area contributed by atoms with Crippen molar-refractivity contribution in [2.24, 2.45) is 0 Å². The van der Waals surface area contributed by atoms with Gasteiger partial charge in [-0.2, -0.15) is 5.10 Å². The Morgan fingerprint density at radius 3 is 2.60 bits per heavy atom. The summed E-state index contributed by atoms with van der Waals surface area (Å²) in [5, 5.41) is 7.34. The second-order valence-electron chi connectivity index (χ2n) is 7.69. The van der Waals surface area contributed by atoms with Crippen LogP contribution in [0.1, 0.15) is 46.0 Å². The number of likely N-dealkylation sites (N-methyl/N-ethyl adjacent to an activating group) is 1. The Morgan fingerprint density at radius 1 is 1.07 bits per heavy atom. The van der Waals surface area contributed by atoms with Gasteiger partial charge in [-0.15, -0.1) is 0 Å². The average Bonchev–Trinajstić information content (AvgIpc) is 3.22. The van der Waals surface area contributed by atoms with E-state index in [4.69, 9.17) is 4.74 Å². The second-order valence-corrected chi connectivity index (χ2v) is 7.69. The molecule has 2 amide bonds. The van der Waals surface area contributed by atoms with Crippen molar-refractivity contribution < 1.29 is 14.3 Å². The molecule has 8 heteroatoms. The van der Waals surface area contributed by atoms with Crippen molar-refractivity contribution in [2.75, 3.05) is 45.9 Å². The summed E-state index contributed by atoms with van der Waals surface area (Å²) >= 11 is 0. The number of carbonyl (C=O) groups excluding carboxylic acids is 2. The molecule has 3 heterocycles. The molecule has 2 aliphatic rings. The summed E-state index contributed by atoms with van der Waals surface area (Å²) in [5.74, 6) is 0.645. The van der Waals surface area contributed by atoms with E-state index in [1.807, 2.05) is 24.0 Å². The van der Waals surface area contributed by atoms with Crippen LogP contribution in [0.5, 0.6) is 5.75 Å². The van der Waals surface area contributed by atoms with Crippen LogP contribution in [0, 0.1) is 0 Å². The summed E-state index contributed by atoms with van der Waals surface area (Å²) in [4.78, 5) is 32.0. The molecule has 1 N–H and O–H groups in total. The van der Waals surface area contributed by atoms with E-state index >= 15 is 0 Å². The third-order valence-electron chi connectivity index (χ3n) is 5.92. The standard InChI is InChI=1S/C22H29N5O3/c1-3-25-10-12-26(13-11-25)22(29)20-18-8-9-27(15-19(18)23-24-20)21(28)16-6-5-7-17(14-16)30-4-2/h5-7,14H,3-4,8-13,15H2,1-2H3,(H,23,24). The SMILES string of the molecule is CCOc1cccc(C(=O)N2CCc3c(C(=O)N4CCN(CC)CC4)n[nH]c3C2)c1. The van der Waals surface area contributed by atoms with Crippen molar-refractivity contribution in [3.05, 3.63) is 46.8 Å². The summed E-state index contributed by atoms with van der Waals surface area (Å²) in [6, 6.07) is 7.26. The highest BCUT2D eigenvalue weighted by molar-refractivity contribution is 5.96. The number of aromatic amines is 1. The van der Waals surface area contributed by atoms with E-state index in [1.165, 1.54) is 0 Å². The van der Waals surface area contributed by atoms with Crippen LogP contribution in [0.2, 0.25) is 0 Å². The van der Waals surface area contributed by atoms with Gasteiger partial charge >= 0.3 is 0 Å². The van der Waals surface area contributed by atoms with Gasteiger partial charge in [0.1, 0.15) is 5.75 Å². The molecule has 30 heavy (non-hydrogen) atoms. The van der Waals surface area contributed by atoms with Crippen LogP contribution in [0.15, 0.2) is 24.3 Å². The molecular weight excluding hydrogens is 382 g/mol. The summed E-state index contributed by atoms with van der Waals surface area (Å²) < 4.78 is 5.51. The average molecular weight is 412 g/mol. The smallest absolute Gasteiger partial charge is 0.274 e. The van der Waals surface area contributed by atoms with Crippen LogP contribution in [0.25, 0.3) is 0 Å². The fraction of sp³-hybridized carbons (Fsp3) is 0.500. The highest BCUT2D eigenvalue weighted by atomic mass is 16.5. The molecule has 160 valence electrons. The van der Waals surface area contributed by atoms with E-state index in [9.17, 15) is 9.59 Å². The monoisotopic (exact) mass is 411 g/mol. The van der Waals surface area contributed by atoms with Gasteiger partial charge in [0.15, 0.2) is 5.69 Å². The molecule has 1 aromatic heterocycles. The zero-order valence-electron chi connectivity index (χ0n) is 17.7. The van der Waals surface area contributed by atoms with E-state index < -0.39 is 0 Å². The van der Waals surface area contributed by atoms with Gasteiger partial charge in [-0.25, -0.2) is 0 Å². The van der Waals surface area contributed by atoms with E-state index in [2.05, 4.69) is 22.0 Å². The Labute approximate surface area is 176 Å². The molecule has 0 atom stereocenters.